The standard InChI is InChI=1S/C7H15Cl2N2O2P.ClH/c8-2-4-10-14(12)11(6-3-9)5-1-7-13-14;/h1-7H2,(H,10,12);1H. The van der Waals surface area contributed by atoms with E-state index < -0.39 is 7.67 Å². The molecule has 1 atom stereocenters. The van der Waals surface area contributed by atoms with Crippen molar-refractivity contribution in [3.63, 3.8) is 0 Å². The Hall–Kier alpha value is 0.980. The van der Waals surface area contributed by atoms with Crippen LogP contribution in [0, 0.1) is 0 Å². The summed E-state index contributed by atoms with van der Waals surface area (Å²) in [5.74, 6) is 0.873. The van der Waals surface area contributed by atoms with E-state index in [1.54, 1.807) is 4.67 Å². The summed E-state index contributed by atoms with van der Waals surface area (Å²) in [4.78, 5) is 0. The van der Waals surface area contributed by atoms with E-state index in [9.17, 15) is 4.57 Å². The molecule has 8 heteroatoms. The molecule has 1 aliphatic heterocycles. The van der Waals surface area contributed by atoms with Gasteiger partial charge in [0, 0.05) is 31.4 Å². The number of hydrogen-bond acceptors (Lipinski definition) is 2. The normalized spacial score (nSPS) is 27.3. The van der Waals surface area contributed by atoms with Crippen LogP contribution in [0.25, 0.3) is 0 Å². The summed E-state index contributed by atoms with van der Waals surface area (Å²) in [7, 11) is -2.84. The van der Waals surface area contributed by atoms with Gasteiger partial charge in [0.05, 0.1) is 6.61 Å². The fraction of sp³-hybridized carbons (Fsp3) is 1.00. The molecule has 0 aromatic heterocycles. The summed E-state index contributed by atoms with van der Waals surface area (Å²) < 4.78 is 19.2. The number of nitrogens with one attached hydrogen (secondary N) is 1. The molecule has 1 rings (SSSR count). The largest absolute Gasteiger partial charge is 0.343 e. The molecule has 1 aliphatic rings. The molecule has 1 N–H and O–H groups in total. The van der Waals surface area contributed by atoms with E-state index in [0.29, 0.717) is 31.5 Å². The Balaban J connectivity index is 0.00000196. The van der Waals surface area contributed by atoms with Crippen molar-refractivity contribution < 1.29 is 9.09 Å². The molecule has 0 amide bonds. The Bertz CT molecular complexity index is 218. The minimum Gasteiger partial charge on any atom is -0.306 e. The molecule has 0 aromatic rings. The van der Waals surface area contributed by atoms with E-state index in [0.717, 1.165) is 13.0 Å². The summed E-state index contributed by atoms with van der Waals surface area (Å²) in [5, 5.41) is 2.85. The second-order valence-electron chi connectivity index (χ2n) is 2.95. The molecular weight excluding hydrogens is 281 g/mol. The van der Waals surface area contributed by atoms with Crippen LogP contribution in [0.2, 0.25) is 0 Å². The molecular formula is C7H16Cl3N2O2P. The number of nitrogens with zero attached hydrogens (tertiary/aromatic N) is 1. The predicted octanol–water partition coefficient (Wildman–Crippen LogP) is 2.31. The molecule has 1 saturated heterocycles. The lowest BCUT2D eigenvalue weighted by atomic mass is 10.4. The van der Waals surface area contributed by atoms with Gasteiger partial charge in [-0.25, -0.2) is 9.76 Å². The van der Waals surface area contributed by atoms with Gasteiger partial charge in [0.15, 0.2) is 0 Å². The highest BCUT2D eigenvalue weighted by molar-refractivity contribution is 7.54. The monoisotopic (exact) mass is 296 g/mol. The summed E-state index contributed by atoms with van der Waals surface area (Å²) in [6, 6.07) is 0. The zero-order valence-corrected chi connectivity index (χ0v) is 11.5. The van der Waals surface area contributed by atoms with Crippen LogP contribution in [0.3, 0.4) is 0 Å². The van der Waals surface area contributed by atoms with Gasteiger partial charge in [-0.05, 0) is 6.42 Å². The molecule has 0 radical (unpaired) electrons. The van der Waals surface area contributed by atoms with Crippen molar-refractivity contribution >= 4 is 43.3 Å². The lowest BCUT2D eigenvalue weighted by Gasteiger charge is -2.34. The van der Waals surface area contributed by atoms with Crippen molar-refractivity contribution in [3.05, 3.63) is 0 Å². The Labute approximate surface area is 107 Å². The fourth-order valence-electron chi connectivity index (χ4n) is 1.32. The molecule has 92 valence electrons. The highest BCUT2D eigenvalue weighted by Crippen LogP contribution is 2.48. The van der Waals surface area contributed by atoms with Gasteiger partial charge in [-0.3, -0.25) is 4.57 Å². The first-order valence-electron chi connectivity index (χ1n) is 4.60. The van der Waals surface area contributed by atoms with Crippen LogP contribution in [0.5, 0.6) is 0 Å². The van der Waals surface area contributed by atoms with E-state index in [4.69, 9.17) is 27.7 Å². The molecule has 1 unspecified atom stereocenters. The maximum Gasteiger partial charge on any atom is 0.343 e. The lowest BCUT2D eigenvalue weighted by molar-refractivity contribution is 0.203. The van der Waals surface area contributed by atoms with Crippen molar-refractivity contribution in [1.82, 2.24) is 9.76 Å². The third kappa shape index (κ3) is 4.78. The average Bonchev–Trinajstić information content (AvgIpc) is 2.19. The van der Waals surface area contributed by atoms with Crippen molar-refractivity contribution in [1.29, 1.82) is 0 Å². The van der Waals surface area contributed by atoms with Crippen molar-refractivity contribution in [3.8, 4) is 0 Å². The van der Waals surface area contributed by atoms with Crippen molar-refractivity contribution in [2.75, 3.05) is 38.0 Å². The molecule has 0 bridgehead atoms. The van der Waals surface area contributed by atoms with Gasteiger partial charge >= 0.3 is 7.67 Å². The molecule has 0 saturated carbocycles. The minimum absolute atomic E-state index is 0. The molecule has 4 nitrogen and oxygen atoms in total. The molecule has 0 aliphatic carbocycles. The number of halogens is 3. The first-order chi connectivity index (χ1) is 6.73. The van der Waals surface area contributed by atoms with Gasteiger partial charge in [0.2, 0.25) is 0 Å². The zero-order valence-electron chi connectivity index (χ0n) is 8.32. The van der Waals surface area contributed by atoms with Gasteiger partial charge in [0.25, 0.3) is 0 Å². The molecule has 0 spiro atoms. The fourth-order valence-corrected chi connectivity index (χ4v) is 3.86. The topological polar surface area (TPSA) is 41.6 Å². The molecule has 1 heterocycles. The predicted molar refractivity (Wildman–Crippen MR) is 66.4 cm³/mol. The average molecular weight is 298 g/mol. The van der Waals surface area contributed by atoms with Crippen LogP contribution in [0.15, 0.2) is 0 Å². The molecule has 1 fully saturated rings. The number of alkyl halides is 2. The van der Waals surface area contributed by atoms with E-state index in [1.165, 1.54) is 0 Å². The van der Waals surface area contributed by atoms with Crippen molar-refractivity contribution in [2.24, 2.45) is 0 Å². The van der Waals surface area contributed by atoms with E-state index in [1.807, 2.05) is 0 Å². The Morgan fingerprint density at radius 1 is 1.40 bits per heavy atom. The minimum atomic E-state index is -2.84. The maximum atomic E-state index is 12.2. The lowest BCUT2D eigenvalue weighted by Crippen LogP contribution is -2.36. The molecule has 0 aromatic carbocycles. The summed E-state index contributed by atoms with van der Waals surface area (Å²) in [6.07, 6.45) is 0.892. The quantitative estimate of drug-likeness (QED) is 0.624. The van der Waals surface area contributed by atoms with Gasteiger partial charge in [-0.15, -0.1) is 35.6 Å². The van der Waals surface area contributed by atoms with Gasteiger partial charge in [-0.2, -0.15) is 0 Å². The zero-order chi connectivity index (χ0) is 10.4. The van der Waals surface area contributed by atoms with Gasteiger partial charge in [-0.1, -0.05) is 0 Å². The summed E-state index contributed by atoms with van der Waals surface area (Å²) in [6.45, 7) is 2.36. The SMILES string of the molecule is Cl.O=P1(NCCCl)OCCCN1CCCl. The first kappa shape index (κ1) is 16.0. The third-order valence-corrected chi connectivity index (χ3v) is 4.61. The van der Waals surface area contributed by atoms with Crippen LogP contribution >= 0.6 is 43.3 Å². The van der Waals surface area contributed by atoms with Crippen LogP contribution < -0.4 is 5.09 Å². The van der Waals surface area contributed by atoms with Gasteiger partial charge < -0.3 is 4.52 Å². The van der Waals surface area contributed by atoms with Crippen LogP contribution in [0.1, 0.15) is 6.42 Å². The van der Waals surface area contributed by atoms with Crippen LogP contribution in [-0.4, -0.2) is 42.7 Å². The van der Waals surface area contributed by atoms with Gasteiger partial charge in [0.1, 0.15) is 0 Å². The Morgan fingerprint density at radius 3 is 2.73 bits per heavy atom. The second kappa shape index (κ2) is 8.13. The van der Waals surface area contributed by atoms with E-state index >= 15 is 0 Å². The number of hydrogen-bond donors (Lipinski definition) is 1. The number of rotatable bonds is 5. The first-order valence-corrected chi connectivity index (χ1v) is 7.24. The highest BCUT2D eigenvalue weighted by Gasteiger charge is 2.33. The summed E-state index contributed by atoms with van der Waals surface area (Å²) >= 11 is 11.1. The van der Waals surface area contributed by atoms with Crippen LogP contribution in [-0.2, 0) is 9.09 Å². The Morgan fingerprint density at radius 2 is 2.13 bits per heavy atom. The molecule has 15 heavy (non-hydrogen) atoms. The highest BCUT2D eigenvalue weighted by atomic mass is 35.5. The van der Waals surface area contributed by atoms with E-state index in [2.05, 4.69) is 5.09 Å². The Kier molecular flexibility index (Phi) is 8.66. The third-order valence-electron chi connectivity index (χ3n) is 1.95. The van der Waals surface area contributed by atoms with E-state index in [-0.39, 0.29) is 12.4 Å². The summed E-state index contributed by atoms with van der Waals surface area (Å²) in [5.41, 5.74) is 0. The smallest absolute Gasteiger partial charge is 0.306 e. The van der Waals surface area contributed by atoms with Crippen LogP contribution in [0.4, 0.5) is 0 Å². The maximum absolute atomic E-state index is 12.2. The second-order valence-corrected chi connectivity index (χ2v) is 5.88. The van der Waals surface area contributed by atoms with Crippen molar-refractivity contribution in [2.45, 2.75) is 6.42 Å².